The molecule has 2 aromatic heterocycles. The van der Waals surface area contributed by atoms with Crippen molar-refractivity contribution in [3.8, 4) is 5.88 Å². The van der Waals surface area contributed by atoms with E-state index in [4.69, 9.17) is 10.5 Å². The zero-order valence-electron chi connectivity index (χ0n) is 9.38. The number of aromatic nitrogens is 3. The van der Waals surface area contributed by atoms with Crippen LogP contribution in [0.3, 0.4) is 0 Å². The van der Waals surface area contributed by atoms with E-state index in [1.54, 1.807) is 24.5 Å². The molecule has 0 amide bonds. The van der Waals surface area contributed by atoms with Gasteiger partial charge in [0, 0.05) is 24.4 Å². The van der Waals surface area contributed by atoms with E-state index in [2.05, 4.69) is 20.3 Å². The SMILES string of the molecule is COc1cc(NCCc2cscn2)nc(N)n1. The molecule has 2 heterocycles. The summed E-state index contributed by atoms with van der Waals surface area (Å²) in [6, 6.07) is 1.71. The average molecular weight is 251 g/mol. The number of anilines is 2. The second kappa shape index (κ2) is 5.44. The maximum absolute atomic E-state index is 5.55. The molecular weight excluding hydrogens is 238 g/mol. The summed E-state index contributed by atoms with van der Waals surface area (Å²) in [6.45, 7) is 0.739. The van der Waals surface area contributed by atoms with Crippen molar-refractivity contribution < 1.29 is 4.74 Å². The number of nitrogen functional groups attached to an aromatic ring is 1. The van der Waals surface area contributed by atoms with Crippen LogP contribution in [0.4, 0.5) is 11.8 Å². The van der Waals surface area contributed by atoms with E-state index in [1.165, 1.54) is 0 Å². The highest BCUT2D eigenvalue weighted by Crippen LogP contribution is 2.13. The maximum Gasteiger partial charge on any atom is 0.225 e. The number of rotatable bonds is 5. The molecular formula is C10H13N5OS. The van der Waals surface area contributed by atoms with Gasteiger partial charge >= 0.3 is 0 Å². The fraction of sp³-hybridized carbons (Fsp3) is 0.300. The van der Waals surface area contributed by atoms with Gasteiger partial charge in [-0.3, -0.25) is 0 Å². The second-order valence-electron chi connectivity index (χ2n) is 3.31. The van der Waals surface area contributed by atoms with Gasteiger partial charge in [-0.05, 0) is 0 Å². The lowest BCUT2D eigenvalue weighted by Gasteiger charge is -2.06. The number of hydrogen-bond donors (Lipinski definition) is 2. The van der Waals surface area contributed by atoms with E-state index in [-0.39, 0.29) is 5.95 Å². The van der Waals surface area contributed by atoms with Crippen molar-refractivity contribution >= 4 is 23.1 Å². The van der Waals surface area contributed by atoms with Crippen LogP contribution in [0, 0.1) is 0 Å². The minimum Gasteiger partial charge on any atom is -0.481 e. The molecule has 0 radical (unpaired) electrons. The third-order valence-corrected chi connectivity index (χ3v) is 2.74. The third-order valence-electron chi connectivity index (χ3n) is 2.10. The summed E-state index contributed by atoms with van der Waals surface area (Å²) in [4.78, 5) is 12.2. The lowest BCUT2D eigenvalue weighted by Crippen LogP contribution is -2.08. The quantitative estimate of drug-likeness (QED) is 0.830. The molecule has 0 unspecified atom stereocenters. The molecule has 0 bridgehead atoms. The van der Waals surface area contributed by atoms with Gasteiger partial charge in [-0.1, -0.05) is 0 Å². The van der Waals surface area contributed by atoms with Crippen LogP contribution in [-0.2, 0) is 6.42 Å². The third kappa shape index (κ3) is 3.28. The van der Waals surface area contributed by atoms with Crippen LogP contribution in [0.2, 0.25) is 0 Å². The Morgan fingerprint density at radius 3 is 3.06 bits per heavy atom. The normalized spacial score (nSPS) is 10.2. The van der Waals surface area contributed by atoms with E-state index in [0.29, 0.717) is 11.7 Å². The predicted molar refractivity (Wildman–Crippen MR) is 67.3 cm³/mol. The number of nitrogens with zero attached hydrogens (tertiary/aromatic N) is 3. The van der Waals surface area contributed by atoms with Crippen molar-refractivity contribution in [2.24, 2.45) is 0 Å². The van der Waals surface area contributed by atoms with E-state index >= 15 is 0 Å². The second-order valence-corrected chi connectivity index (χ2v) is 4.03. The van der Waals surface area contributed by atoms with Crippen molar-refractivity contribution in [3.05, 3.63) is 22.7 Å². The van der Waals surface area contributed by atoms with E-state index in [0.717, 1.165) is 18.7 Å². The number of nitrogens with two attached hydrogens (primary N) is 1. The predicted octanol–water partition coefficient (Wildman–Crippen LogP) is 1.18. The molecule has 2 aromatic rings. The van der Waals surface area contributed by atoms with E-state index < -0.39 is 0 Å². The van der Waals surface area contributed by atoms with Crippen molar-refractivity contribution in [2.45, 2.75) is 6.42 Å². The molecule has 6 nitrogen and oxygen atoms in total. The van der Waals surface area contributed by atoms with Gasteiger partial charge in [-0.15, -0.1) is 11.3 Å². The Bertz CT molecular complexity index is 474. The highest BCUT2D eigenvalue weighted by molar-refractivity contribution is 7.07. The molecule has 0 aromatic carbocycles. The van der Waals surface area contributed by atoms with Gasteiger partial charge in [-0.25, -0.2) is 4.98 Å². The van der Waals surface area contributed by atoms with Crippen LogP contribution in [0.5, 0.6) is 5.88 Å². The maximum atomic E-state index is 5.55. The summed E-state index contributed by atoms with van der Waals surface area (Å²) < 4.78 is 5.01. The molecule has 0 fully saturated rings. The molecule has 0 saturated carbocycles. The van der Waals surface area contributed by atoms with E-state index in [9.17, 15) is 0 Å². The molecule has 7 heteroatoms. The number of nitrogens with one attached hydrogen (secondary N) is 1. The number of thiazole rings is 1. The smallest absolute Gasteiger partial charge is 0.225 e. The minimum absolute atomic E-state index is 0.195. The number of hydrogen-bond acceptors (Lipinski definition) is 7. The Morgan fingerprint density at radius 1 is 1.47 bits per heavy atom. The van der Waals surface area contributed by atoms with Gasteiger partial charge in [0.2, 0.25) is 11.8 Å². The summed E-state index contributed by atoms with van der Waals surface area (Å²) in [5.74, 6) is 1.30. The first-order chi connectivity index (χ1) is 8.28. The first-order valence-corrected chi connectivity index (χ1v) is 6.01. The zero-order valence-corrected chi connectivity index (χ0v) is 10.2. The van der Waals surface area contributed by atoms with Crippen molar-refractivity contribution in [3.63, 3.8) is 0 Å². The van der Waals surface area contributed by atoms with E-state index in [1.807, 2.05) is 10.9 Å². The molecule has 0 spiro atoms. The molecule has 3 N–H and O–H groups in total. The van der Waals surface area contributed by atoms with Crippen LogP contribution in [0.15, 0.2) is 17.0 Å². The van der Waals surface area contributed by atoms with Crippen molar-refractivity contribution in [2.75, 3.05) is 24.7 Å². The van der Waals surface area contributed by atoms with Gasteiger partial charge in [0.1, 0.15) is 5.82 Å². The lowest BCUT2D eigenvalue weighted by molar-refractivity contribution is 0.398. The number of methoxy groups -OCH3 is 1. The Balaban J connectivity index is 1.92. The van der Waals surface area contributed by atoms with Crippen LogP contribution in [0.25, 0.3) is 0 Å². The van der Waals surface area contributed by atoms with Crippen LogP contribution in [-0.4, -0.2) is 28.6 Å². The van der Waals surface area contributed by atoms with Crippen LogP contribution >= 0.6 is 11.3 Å². The lowest BCUT2D eigenvalue weighted by atomic mass is 10.3. The first-order valence-electron chi connectivity index (χ1n) is 5.07. The highest BCUT2D eigenvalue weighted by atomic mass is 32.1. The van der Waals surface area contributed by atoms with Crippen LogP contribution < -0.4 is 15.8 Å². The molecule has 0 aliphatic carbocycles. The van der Waals surface area contributed by atoms with Gasteiger partial charge in [0.25, 0.3) is 0 Å². The molecule has 0 aliphatic heterocycles. The molecule has 0 atom stereocenters. The molecule has 0 aliphatic rings. The number of ether oxygens (including phenoxy) is 1. The summed E-state index contributed by atoms with van der Waals surface area (Å²) in [6.07, 6.45) is 0.843. The topological polar surface area (TPSA) is 86.0 Å². The largest absolute Gasteiger partial charge is 0.481 e. The Kier molecular flexibility index (Phi) is 3.71. The summed E-state index contributed by atoms with van der Waals surface area (Å²) >= 11 is 1.59. The Hall–Kier alpha value is -1.89. The Labute approximate surface area is 103 Å². The average Bonchev–Trinajstić information content (AvgIpc) is 2.81. The van der Waals surface area contributed by atoms with Crippen molar-refractivity contribution in [1.29, 1.82) is 0 Å². The summed E-state index contributed by atoms with van der Waals surface area (Å²) in [7, 11) is 1.54. The molecule has 0 saturated heterocycles. The van der Waals surface area contributed by atoms with Crippen LogP contribution in [0.1, 0.15) is 5.69 Å². The van der Waals surface area contributed by atoms with Gasteiger partial charge in [0.15, 0.2) is 0 Å². The zero-order chi connectivity index (χ0) is 12.1. The standard InChI is InChI=1S/C10H13N5OS/c1-16-9-4-8(14-10(11)15-9)12-3-2-7-5-17-6-13-7/h4-6H,2-3H2,1H3,(H3,11,12,14,15). The van der Waals surface area contributed by atoms with Gasteiger partial charge < -0.3 is 15.8 Å². The molecule has 90 valence electrons. The fourth-order valence-electron chi connectivity index (χ4n) is 1.32. The first kappa shape index (κ1) is 11.6. The van der Waals surface area contributed by atoms with Gasteiger partial charge in [-0.2, -0.15) is 9.97 Å². The Morgan fingerprint density at radius 2 is 2.35 bits per heavy atom. The summed E-state index contributed by atoms with van der Waals surface area (Å²) in [5, 5.41) is 5.18. The highest BCUT2D eigenvalue weighted by Gasteiger charge is 2.02. The van der Waals surface area contributed by atoms with Gasteiger partial charge in [0.05, 0.1) is 18.3 Å². The molecule has 2 rings (SSSR count). The monoisotopic (exact) mass is 251 g/mol. The van der Waals surface area contributed by atoms with Crippen molar-refractivity contribution in [1.82, 2.24) is 15.0 Å². The summed E-state index contributed by atoms with van der Waals surface area (Å²) in [5.41, 5.74) is 8.44. The minimum atomic E-state index is 0.195. The molecule has 17 heavy (non-hydrogen) atoms. The fourth-order valence-corrected chi connectivity index (χ4v) is 1.91.